The first-order valence-electron chi connectivity index (χ1n) is 12.5. The first kappa shape index (κ1) is 24.1. The second kappa shape index (κ2) is 8.80. The van der Waals surface area contributed by atoms with Crippen molar-refractivity contribution in [2.45, 2.75) is 78.6 Å². The molecule has 0 spiro atoms. The highest BCUT2D eigenvalue weighted by molar-refractivity contribution is 6.06. The van der Waals surface area contributed by atoms with E-state index in [1.807, 2.05) is 39.0 Å². The molecule has 1 aliphatic carbocycles. The topological polar surface area (TPSA) is 110 Å². The van der Waals surface area contributed by atoms with Crippen LogP contribution >= 0.6 is 0 Å². The minimum absolute atomic E-state index is 0.00510. The summed E-state index contributed by atoms with van der Waals surface area (Å²) in [5, 5.41) is 8.24. The third kappa shape index (κ3) is 4.16. The largest absolute Gasteiger partial charge is 0.352 e. The highest BCUT2D eigenvalue weighted by Crippen LogP contribution is 2.59. The molecule has 3 heterocycles. The van der Waals surface area contributed by atoms with Crippen LogP contribution in [-0.4, -0.2) is 60.4 Å². The number of aromatic nitrogens is 4. The number of benzene rings is 1. The molecule has 0 bridgehead atoms. The minimum atomic E-state index is -0.475. The van der Waals surface area contributed by atoms with Crippen molar-refractivity contribution in [3.05, 3.63) is 42.1 Å². The molecule has 2 amide bonds. The number of nitrogens with zero attached hydrogens (tertiary/aromatic N) is 5. The Morgan fingerprint density at radius 1 is 1.17 bits per heavy atom. The van der Waals surface area contributed by atoms with E-state index in [0.29, 0.717) is 28.8 Å². The molecular formula is C27H32N6O3. The highest BCUT2D eigenvalue weighted by atomic mass is 16.2. The quantitative estimate of drug-likeness (QED) is 0.511. The van der Waals surface area contributed by atoms with Crippen LogP contribution in [0.25, 0.3) is 22.0 Å². The number of hydrogen-bond donors (Lipinski definition) is 1. The number of carbonyl (C=O) groups excluding carboxylic acids is 3. The summed E-state index contributed by atoms with van der Waals surface area (Å²) >= 11 is 0. The molecule has 5 rings (SSSR count). The Morgan fingerprint density at radius 2 is 1.89 bits per heavy atom. The number of ketones is 1. The summed E-state index contributed by atoms with van der Waals surface area (Å²) in [6, 6.07) is 5.33. The fourth-order valence-corrected chi connectivity index (χ4v) is 5.29. The van der Waals surface area contributed by atoms with E-state index in [9.17, 15) is 14.4 Å². The Balaban J connectivity index is 1.45. The van der Waals surface area contributed by atoms with Gasteiger partial charge in [0, 0.05) is 42.4 Å². The predicted molar refractivity (Wildman–Crippen MR) is 135 cm³/mol. The van der Waals surface area contributed by atoms with Crippen molar-refractivity contribution in [3.8, 4) is 11.1 Å². The van der Waals surface area contributed by atoms with Gasteiger partial charge in [0.25, 0.3) is 0 Å². The van der Waals surface area contributed by atoms with E-state index >= 15 is 0 Å². The molecule has 3 aromatic rings. The molecule has 2 aliphatic rings. The van der Waals surface area contributed by atoms with Gasteiger partial charge in [-0.2, -0.15) is 5.10 Å². The molecule has 2 fully saturated rings. The lowest BCUT2D eigenvalue weighted by molar-refractivity contribution is -0.140. The van der Waals surface area contributed by atoms with Crippen molar-refractivity contribution < 1.29 is 14.4 Å². The lowest BCUT2D eigenvalue weighted by Crippen LogP contribution is -2.50. The molecule has 9 nitrogen and oxygen atoms in total. The Labute approximate surface area is 210 Å². The average molecular weight is 489 g/mol. The van der Waals surface area contributed by atoms with Gasteiger partial charge in [-0.1, -0.05) is 19.9 Å². The summed E-state index contributed by atoms with van der Waals surface area (Å²) in [7, 11) is 0. The summed E-state index contributed by atoms with van der Waals surface area (Å²) in [5.41, 5.74) is 2.71. The number of nitrogens with one attached hydrogen (secondary N) is 1. The third-order valence-electron chi connectivity index (χ3n) is 7.71. The summed E-state index contributed by atoms with van der Waals surface area (Å²) in [4.78, 5) is 49.3. The molecule has 1 saturated heterocycles. The van der Waals surface area contributed by atoms with Crippen LogP contribution in [0.5, 0.6) is 0 Å². The Hall–Kier alpha value is -3.62. The number of carbonyl (C=O) groups is 3. The maximum Gasteiger partial charge on any atom is 0.245 e. The van der Waals surface area contributed by atoms with E-state index in [0.717, 1.165) is 24.0 Å². The third-order valence-corrected chi connectivity index (χ3v) is 7.71. The number of amides is 2. The van der Waals surface area contributed by atoms with Crippen LogP contribution < -0.4 is 5.32 Å². The van der Waals surface area contributed by atoms with Crippen molar-refractivity contribution >= 4 is 28.5 Å². The van der Waals surface area contributed by atoms with Gasteiger partial charge in [-0.05, 0) is 56.2 Å². The molecule has 1 aliphatic heterocycles. The lowest BCUT2D eigenvalue weighted by atomic mass is 10.0. The normalized spacial score (nSPS) is 23.4. The Kier molecular flexibility index (Phi) is 5.89. The van der Waals surface area contributed by atoms with Gasteiger partial charge >= 0.3 is 0 Å². The van der Waals surface area contributed by atoms with Crippen LogP contribution in [0.15, 0.2) is 30.6 Å². The van der Waals surface area contributed by atoms with Crippen LogP contribution in [0.2, 0.25) is 0 Å². The van der Waals surface area contributed by atoms with Gasteiger partial charge in [0.15, 0.2) is 5.78 Å². The van der Waals surface area contributed by atoms with E-state index in [-0.39, 0.29) is 41.6 Å². The molecule has 4 atom stereocenters. The maximum atomic E-state index is 13.6. The molecular weight excluding hydrogens is 456 g/mol. The summed E-state index contributed by atoms with van der Waals surface area (Å²) < 4.78 is 1.59. The van der Waals surface area contributed by atoms with Crippen molar-refractivity contribution in [3.63, 3.8) is 0 Å². The molecule has 1 unspecified atom stereocenters. The monoisotopic (exact) mass is 488 g/mol. The Bertz CT molecular complexity index is 1360. The van der Waals surface area contributed by atoms with Crippen molar-refractivity contribution in [1.82, 2.24) is 30.0 Å². The smallest absolute Gasteiger partial charge is 0.245 e. The SMILES string of the molecule is CCC(C)NC(=O)[C@@H]1C[C@@]2(C)C[C@H]2N1C(=O)Cn1nc(C(C)=O)c2cc(-c3cnc(C)nc3)ccc21. The van der Waals surface area contributed by atoms with Crippen LogP contribution in [-0.2, 0) is 16.1 Å². The summed E-state index contributed by atoms with van der Waals surface area (Å²) in [6.45, 7) is 9.40. The van der Waals surface area contributed by atoms with Crippen molar-refractivity contribution in [2.24, 2.45) is 5.41 Å². The van der Waals surface area contributed by atoms with Gasteiger partial charge in [-0.15, -0.1) is 0 Å². The molecule has 1 N–H and O–H groups in total. The van der Waals surface area contributed by atoms with Crippen LogP contribution in [0, 0.1) is 12.3 Å². The van der Waals surface area contributed by atoms with Gasteiger partial charge in [0.2, 0.25) is 11.8 Å². The average Bonchev–Trinajstić information content (AvgIpc) is 3.21. The van der Waals surface area contributed by atoms with Gasteiger partial charge < -0.3 is 10.2 Å². The minimum Gasteiger partial charge on any atom is -0.352 e. The standard InChI is InChI=1S/C27H32N6O3/c1-6-15(2)30-26(36)22-10-27(5)11-23(27)33(22)24(35)14-32-21-8-7-18(19-12-28-17(4)29-13-19)9-20(21)25(31-32)16(3)34/h7-9,12-13,15,22-23H,6,10-11,14H2,1-5H3,(H,30,36)/t15?,22-,23+,27-/m0/s1. The van der Waals surface area contributed by atoms with Gasteiger partial charge in [0.1, 0.15) is 24.1 Å². The molecule has 1 aromatic carbocycles. The van der Waals surface area contributed by atoms with Crippen LogP contribution in [0.3, 0.4) is 0 Å². The van der Waals surface area contributed by atoms with Gasteiger partial charge in [0.05, 0.1) is 5.52 Å². The number of rotatable bonds is 7. The number of Topliss-reactive ketones (excluding diaryl/α,β-unsaturated/α-hetero) is 1. The number of hydrogen-bond acceptors (Lipinski definition) is 6. The fourth-order valence-electron chi connectivity index (χ4n) is 5.29. The second-order valence-corrected chi connectivity index (χ2v) is 10.5. The van der Waals surface area contributed by atoms with Crippen molar-refractivity contribution in [1.29, 1.82) is 0 Å². The predicted octanol–water partition coefficient (Wildman–Crippen LogP) is 3.30. The highest BCUT2D eigenvalue weighted by Gasteiger charge is 2.64. The number of aryl methyl sites for hydroxylation is 1. The molecule has 1 saturated carbocycles. The van der Waals surface area contributed by atoms with E-state index in [1.165, 1.54) is 6.92 Å². The lowest BCUT2D eigenvalue weighted by Gasteiger charge is -2.28. The van der Waals surface area contributed by atoms with Crippen molar-refractivity contribution in [2.75, 3.05) is 0 Å². The number of piperidine rings is 1. The number of fused-ring (bicyclic) bond motifs is 2. The zero-order valence-corrected chi connectivity index (χ0v) is 21.4. The zero-order chi connectivity index (χ0) is 25.8. The van der Waals surface area contributed by atoms with E-state index in [1.54, 1.807) is 22.0 Å². The second-order valence-electron chi connectivity index (χ2n) is 10.5. The maximum absolute atomic E-state index is 13.6. The van der Waals surface area contributed by atoms with Gasteiger partial charge in [-0.25, -0.2) is 9.97 Å². The molecule has 188 valence electrons. The fraction of sp³-hybridized carbons (Fsp3) is 0.481. The summed E-state index contributed by atoms with van der Waals surface area (Å²) in [6.07, 6.45) is 5.90. The number of likely N-dealkylation sites (tertiary alicyclic amines) is 1. The first-order chi connectivity index (χ1) is 17.1. The van der Waals surface area contributed by atoms with Crippen LogP contribution in [0.1, 0.15) is 63.3 Å². The summed E-state index contributed by atoms with van der Waals surface area (Å²) in [5.74, 6) is 0.262. The molecule has 9 heteroatoms. The first-order valence-corrected chi connectivity index (χ1v) is 12.5. The van der Waals surface area contributed by atoms with E-state index in [4.69, 9.17) is 0 Å². The molecule has 2 aromatic heterocycles. The molecule has 36 heavy (non-hydrogen) atoms. The van der Waals surface area contributed by atoms with E-state index in [2.05, 4.69) is 27.3 Å². The Morgan fingerprint density at radius 3 is 2.56 bits per heavy atom. The zero-order valence-electron chi connectivity index (χ0n) is 21.4. The van der Waals surface area contributed by atoms with E-state index < -0.39 is 6.04 Å². The molecule has 0 radical (unpaired) electrons. The van der Waals surface area contributed by atoms with Gasteiger partial charge in [-0.3, -0.25) is 19.1 Å². The van der Waals surface area contributed by atoms with Crippen LogP contribution in [0.4, 0.5) is 0 Å².